The van der Waals surface area contributed by atoms with Crippen LogP contribution in [0.4, 0.5) is 5.69 Å². The fraction of sp³-hybridized carbons (Fsp3) is 0.318. The normalized spacial score (nSPS) is 16.2. The number of carbonyl (C=O) groups is 2. The Bertz CT molecular complexity index is 925. The second kappa shape index (κ2) is 9.34. The molecule has 7 heteroatoms. The molecule has 0 aromatic heterocycles. The number of aliphatic imine (C=N–C) groups is 1. The number of anilines is 1. The molecule has 2 aromatic carbocycles. The summed E-state index contributed by atoms with van der Waals surface area (Å²) in [7, 11) is 4.67. The van der Waals surface area contributed by atoms with Crippen molar-refractivity contribution < 1.29 is 23.8 Å². The van der Waals surface area contributed by atoms with E-state index in [-0.39, 0.29) is 11.8 Å². The van der Waals surface area contributed by atoms with Gasteiger partial charge in [-0.3, -0.25) is 14.6 Å². The summed E-state index contributed by atoms with van der Waals surface area (Å²) in [5.74, 6) is -0.406. The summed E-state index contributed by atoms with van der Waals surface area (Å²) in [5.41, 5.74) is 1.56. The van der Waals surface area contributed by atoms with E-state index in [4.69, 9.17) is 14.2 Å². The van der Waals surface area contributed by atoms with Gasteiger partial charge in [-0.15, -0.1) is 0 Å². The molecule has 1 aliphatic rings. The molecule has 1 unspecified atom stereocenters. The van der Waals surface area contributed by atoms with E-state index in [1.807, 2.05) is 6.07 Å². The van der Waals surface area contributed by atoms with Crippen LogP contribution in [0, 0.1) is 0 Å². The quantitative estimate of drug-likeness (QED) is 0.389. The van der Waals surface area contributed by atoms with E-state index < -0.39 is 5.92 Å². The van der Waals surface area contributed by atoms with Crippen molar-refractivity contribution in [2.45, 2.75) is 12.3 Å². The highest BCUT2D eigenvalue weighted by molar-refractivity contribution is 6.29. The van der Waals surface area contributed by atoms with Crippen LogP contribution in [0.5, 0.6) is 11.5 Å². The van der Waals surface area contributed by atoms with Crippen LogP contribution >= 0.6 is 0 Å². The number of imide groups is 1. The molecule has 0 aliphatic carbocycles. The third-order valence-electron chi connectivity index (χ3n) is 4.73. The van der Waals surface area contributed by atoms with E-state index in [0.29, 0.717) is 41.5 Å². The number of hydrogen-bond donors (Lipinski definition) is 0. The average Bonchev–Trinajstić information content (AvgIpc) is 2.75. The molecule has 0 N–H and O–H groups in total. The monoisotopic (exact) mass is 396 g/mol. The topological polar surface area (TPSA) is 77.4 Å². The van der Waals surface area contributed by atoms with Crippen molar-refractivity contribution in [1.29, 1.82) is 0 Å². The van der Waals surface area contributed by atoms with E-state index in [0.717, 1.165) is 6.42 Å². The van der Waals surface area contributed by atoms with E-state index >= 15 is 0 Å². The minimum atomic E-state index is -0.639. The lowest BCUT2D eigenvalue weighted by Crippen LogP contribution is -2.45. The van der Waals surface area contributed by atoms with Gasteiger partial charge in [0.05, 0.1) is 25.8 Å². The summed E-state index contributed by atoms with van der Waals surface area (Å²) in [6, 6.07) is 12.1. The molecular weight excluding hydrogens is 372 g/mol. The Kier molecular flexibility index (Phi) is 6.61. The number of methoxy groups -OCH3 is 3. The van der Waals surface area contributed by atoms with Crippen LogP contribution in [-0.2, 0) is 9.53 Å². The summed E-state index contributed by atoms with van der Waals surface area (Å²) in [6.07, 6.45) is 2.38. The number of hydrogen-bond acceptors (Lipinski definition) is 6. The standard InChI is InChI=1S/C22H24N2O5/c1-27-12-6-11-23-14-18-16-7-4-5-8-17(16)21(25)24(22(18)26)15-9-10-19(28-2)20(13-15)29-3/h4-5,7-10,13-14,18H,6,11-12H2,1-3H3. The Morgan fingerprint density at radius 1 is 1.03 bits per heavy atom. The van der Waals surface area contributed by atoms with Crippen molar-refractivity contribution in [3.8, 4) is 11.5 Å². The number of fused-ring (bicyclic) bond motifs is 1. The first-order valence-corrected chi connectivity index (χ1v) is 9.30. The molecule has 0 radical (unpaired) electrons. The molecule has 0 fully saturated rings. The maximum Gasteiger partial charge on any atom is 0.265 e. The second-order valence-corrected chi connectivity index (χ2v) is 6.48. The van der Waals surface area contributed by atoms with Gasteiger partial charge in [0, 0.05) is 38.1 Å². The van der Waals surface area contributed by atoms with Crippen LogP contribution in [0.25, 0.3) is 0 Å². The van der Waals surface area contributed by atoms with Gasteiger partial charge in [-0.2, -0.15) is 0 Å². The zero-order valence-corrected chi connectivity index (χ0v) is 16.8. The third-order valence-corrected chi connectivity index (χ3v) is 4.73. The molecule has 0 saturated heterocycles. The molecule has 152 valence electrons. The Morgan fingerprint density at radius 3 is 2.52 bits per heavy atom. The highest BCUT2D eigenvalue weighted by atomic mass is 16.5. The Morgan fingerprint density at radius 2 is 1.79 bits per heavy atom. The van der Waals surface area contributed by atoms with Gasteiger partial charge in [-0.05, 0) is 30.2 Å². The predicted molar refractivity (Wildman–Crippen MR) is 110 cm³/mol. The zero-order chi connectivity index (χ0) is 20.8. The smallest absolute Gasteiger partial charge is 0.265 e. The van der Waals surface area contributed by atoms with E-state index in [1.165, 1.54) is 19.1 Å². The minimum Gasteiger partial charge on any atom is -0.493 e. The summed E-state index contributed by atoms with van der Waals surface area (Å²) in [4.78, 5) is 32.0. The first-order valence-electron chi connectivity index (χ1n) is 9.30. The van der Waals surface area contributed by atoms with Crippen LogP contribution in [0.2, 0.25) is 0 Å². The van der Waals surface area contributed by atoms with Gasteiger partial charge in [-0.1, -0.05) is 18.2 Å². The lowest BCUT2D eigenvalue weighted by molar-refractivity contribution is -0.118. The molecule has 1 heterocycles. The number of amides is 2. The predicted octanol–water partition coefficient (Wildman–Crippen LogP) is 3.08. The molecule has 0 spiro atoms. The largest absolute Gasteiger partial charge is 0.493 e. The van der Waals surface area contributed by atoms with Gasteiger partial charge in [0.25, 0.3) is 5.91 Å². The van der Waals surface area contributed by atoms with Crippen LogP contribution in [0.1, 0.15) is 28.3 Å². The molecule has 0 saturated carbocycles. The number of carbonyl (C=O) groups excluding carboxylic acids is 2. The number of ether oxygens (including phenoxy) is 3. The minimum absolute atomic E-state index is 0.351. The van der Waals surface area contributed by atoms with Gasteiger partial charge < -0.3 is 14.2 Å². The Balaban J connectivity index is 1.99. The van der Waals surface area contributed by atoms with Gasteiger partial charge in [0.2, 0.25) is 5.91 Å². The maximum absolute atomic E-state index is 13.3. The fourth-order valence-electron chi connectivity index (χ4n) is 3.29. The average molecular weight is 396 g/mol. The van der Waals surface area contributed by atoms with Crippen LogP contribution in [0.15, 0.2) is 47.5 Å². The number of benzene rings is 2. The lowest BCUT2D eigenvalue weighted by atomic mass is 9.89. The van der Waals surface area contributed by atoms with E-state index in [9.17, 15) is 9.59 Å². The van der Waals surface area contributed by atoms with Crippen LogP contribution in [-0.4, -0.2) is 52.5 Å². The SMILES string of the molecule is COCCCN=CC1C(=O)N(c2ccc(OC)c(OC)c2)C(=O)c2ccccc21. The molecule has 2 aromatic rings. The molecule has 1 aliphatic heterocycles. The summed E-state index contributed by atoms with van der Waals surface area (Å²) >= 11 is 0. The van der Waals surface area contributed by atoms with Crippen molar-refractivity contribution in [3.63, 3.8) is 0 Å². The highest BCUT2D eigenvalue weighted by Gasteiger charge is 2.39. The van der Waals surface area contributed by atoms with Gasteiger partial charge >= 0.3 is 0 Å². The van der Waals surface area contributed by atoms with Crippen LogP contribution in [0.3, 0.4) is 0 Å². The van der Waals surface area contributed by atoms with E-state index in [2.05, 4.69) is 4.99 Å². The zero-order valence-electron chi connectivity index (χ0n) is 16.8. The van der Waals surface area contributed by atoms with Crippen molar-refractivity contribution >= 4 is 23.7 Å². The first kappa shape index (κ1) is 20.5. The molecular formula is C22H24N2O5. The van der Waals surface area contributed by atoms with Crippen molar-refractivity contribution in [1.82, 2.24) is 0 Å². The summed E-state index contributed by atoms with van der Waals surface area (Å²) < 4.78 is 15.6. The third kappa shape index (κ3) is 4.14. The number of nitrogens with zero attached hydrogens (tertiary/aromatic N) is 2. The molecule has 2 amide bonds. The highest BCUT2D eigenvalue weighted by Crippen LogP contribution is 2.36. The molecule has 3 rings (SSSR count). The van der Waals surface area contributed by atoms with Crippen molar-refractivity contribution in [2.24, 2.45) is 4.99 Å². The maximum atomic E-state index is 13.3. The van der Waals surface area contributed by atoms with Gasteiger partial charge in [-0.25, -0.2) is 4.90 Å². The van der Waals surface area contributed by atoms with Crippen LogP contribution < -0.4 is 14.4 Å². The van der Waals surface area contributed by atoms with Gasteiger partial charge in [0.1, 0.15) is 0 Å². The number of rotatable bonds is 8. The second-order valence-electron chi connectivity index (χ2n) is 6.48. The molecule has 7 nitrogen and oxygen atoms in total. The molecule has 0 bridgehead atoms. The van der Waals surface area contributed by atoms with Crippen molar-refractivity contribution in [3.05, 3.63) is 53.6 Å². The fourth-order valence-corrected chi connectivity index (χ4v) is 3.29. The first-order chi connectivity index (χ1) is 14.1. The lowest BCUT2D eigenvalue weighted by Gasteiger charge is -2.31. The van der Waals surface area contributed by atoms with Crippen molar-refractivity contribution in [2.75, 3.05) is 39.4 Å². The summed E-state index contributed by atoms with van der Waals surface area (Å²) in [6.45, 7) is 1.15. The summed E-state index contributed by atoms with van der Waals surface area (Å²) in [5, 5.41) is 0. The van der Waals surface area contributed by atoms with E-state index in [1.54, 1.807) is 49.7 Å². The Labute approximate surface area is 169 Å². The van der Waals surface area contributed by atoms with Gasteiger partial charge in [0.15, 0.2) is 11.5 Å². The molecule has 29 heavy (non-hydrogen) atoms. The molecule has 1 atom stereocenters. The Hall–Kier alpha value is -3.19.